The molecule has 0 fully saturated rings. The van der Waals surface area contributed by atoms with Crippen molar-refractivity contribution in [1.29, 1.82) is 0 Å². The van der Waals surface area contributed by atoms with Gasteiger partial charge in [0.2, 0.25) is 5.91 Å². The summed E-state index contributed by atoms with van der Waals surface area (Å²) in [5, 5.41) is 12.7. The molecule has 0 radical (unpaired) electrons. The van der Waals surface area contributed by atoms with Crippen molar-refractivity contribution in [2.75, 3.05) is 11.1 Å². The number of benzene rings is 3. The van der Waals surface area contributed by atoms with Gasteiger partial charge in [-0.05, 0) is 73.2 Å². The van der Waals surface area contributed by atoms with Gasteiger partial charge in [0, 0.05) is 23.9 Å². The number of thioether (sulfide) groups is 1. The monoisotopic (exact) mass is 537 g/mol. The number of rotatable bonds is 8. The molecule has 0 bridgehead atoms. The van der Waals surface area contributed by atoms with Crippen molar-refractivity contribution in [3.05, 3.63) is 72.3 Å². The Labute approximate surface area is 219 Å². The molecule has 2 aromatic heterocycles. The van der Waals surface area contributed by atoms with E-state index in [9.17, 15) is 13.6 Å². The number of amides is 1. The third-order valence-electron chi connectivity index (χ3n) is 5.46. The molecular weight excluding hydrogens is 516 g/mol. The van der Waals surface area contributed by atoms with Gasteiger partial charge in [0.25, 0.3) is 0 Å². The fourth-order valence-electron chi connectivity index (χ4n) is 3.66. The highest BCUT2D eigenvalue weighted by atomic mass is 32.2. The number of nitrogens with zero attached hydrogens (tertiary/aromatic N) is 4. The first-order chi connectivity index (χ1) is 17.9. The first-order valence-corrected chi connectivity index (χ1v) is 13.0. The molecule has 1 amide bonds. The molecule has 5 aromatic rings. The molecule has 0 saturated heterocycles. The lowest BCUT2D eigenvalue weighted by Gasteiger charge is -2.07. The van der Waals surface area contributed by atoms with E-state index >= 15 is 0 Å². The molecule has 0 aliphatic rings. The number of hydrogen-bond acceptors (Lipinski definition) is 7. The summed E-state index contributed by atoms with van der Waals surface area (Å²) in [6.45, 7) is -0.816. The van der Waals surface area contributed by atoms with E-state index in [4.69, 9.17) is 4.98 Å². The van der Waals surface area contributed by atoms with Gasteiger partial charge in [0.05, 0.1) is 16.0 Å². The van der Waals surface area contributed by atoms with Crippen LogP contribution in [0.25, 0.3) is 32.2 Å². The molecule has 0 aliphatic carbocycles. The molecule has 3 aromatic carbocycles. The third kappa shape index (κ3) is 5.78. The first kappa shape index (κ1) is 24.8. The first-order valence-electron chi connectivity index (χ1n) is 11.2. The Hall–Kier alpha value is -3.83. The predicted octanol–water partition coefficient (Wildman–Crippen LogP) is 6.40. The molecule has 7 nitrogen and oxygen atoms in total. The van der Waals surface area contributed by atoms with Gasteiger partial charge < -0.3 is 14.6 Å². The van der Waals surface area contributed by atoms with Crippen molar-refractivity contribution in [2.45, 2.75) is 18.7 Å². The van der Waals surface area contributed by atoms with Gasteiger partial charge in [-0.3, -0.25) is 4.79 Å². The van der Waals surface area contributed by atoms with Crippen molar-refractivity contribution in [1.82, 2.24) is 19.7 Å². The van der Waals surface area contributed by atoms with Crippen LogP contribution in [0.4, 0.5) is 14.5 Å². The normalized spacial score (nSPS) is 11.3. The second kappa shape index (κ2) is 10.7. The average Bonchev–Trinajstić information content (AvgIpc) is 3.46. The van der Waals surface area contributed by atoms with Gasteiger partial charge in [-0.25, -0.2) is 4.98 Å². The zero-order chi connectivity index (χ0) is 25.9. The summed E-state index contributed by atoms with van der Waals surface area (Å²) in [6, 6.07) is 20.0. The van der Waals surface area contributed by atoms with E-state index in [2.05, 4.69) is 39.3 Å². The molecule has 0 aliphatic heterocycles. The molecule has 5 rings (SSSR count). The SMILES string of the molecule is Cc1ccc2nc(-c3ccc(NC(=O)CSc4nnc(-c5ccc(OC(F)F)cc5)n4C)cc3)sc2c1. The van der Waals surface area contributed by atoms with E-state index in [1.165, 1.54) is 29.5 Å². The van der Waals surface area contributed by atoms with Crippen LogP contribution in [0.5, 0.6) is 5.75 Å². The Morgan fingerprint density at radius 3 is 2.51 bits per heavy atom. The van der Waals surface area contributed by atoms with Gasteiger partial charge in [-0.2, -0.15) is 8.78 Å². The molecule has 0 atom stereocenters. The lowest BCUT2D eigenvalue weighted by molar-refractivity contribution is -0.113. The highest BCUT2D eigenvalue weighted by molar-refractivity contribution is 7.99. The van der Waals surface area contributed by atoms with Crippen LogP contribution in [0, 0.1) is 6.92 Å². The summed E-state index contributed by atoms with van der Waals surface area (Å²) < 4.78 is 32.0. The maximum atomic E-state index is 12.5. The molecule has 188 valence electrons. The van der Waals surface area contributed by atoms with E-state index in [-0.39, 0.29) is 17.4 Å². The van der Waals surface area contributed by atoms with Gasteiger partial charge >= 0.3 is 6.61 Å². The minimum atomic E-state index is -2.88. The van der Waals surface area contributed by atoms with Gasteiger partial charge in [-0.15, -0.1) is 21.5 Å². The van der Waals surface area contributed by atoms with Crippen LogP contribution in [-0.2, 0) is 11.8 Å². The number of fused-ring (bicyclic) bond motifs is 1. The second-order valence-electron chi connectivity index (χ2n) is 8.17. The summed E-state index contributed by atoms with van der Waals surface area (Å²) in [6.07, 6.45) is 0. The molecular formula is C26H21F2N5O2S2. The van der Waals surface area contributed by atoms with Crippen LogP contribution in [0.2, 0.25) is 0 Å². The largest absolute Gasteiger partial charge is 0.435 e. The number of aromatic nitrogens is 4. The van der Waals surface area contributed by atoms with E-state index < -0.39 is 6.61 Å². The van der Waals surface area contributed by atoms with E-state index in [1.807, 2.05) is 30.3 Å². The topological polar surface area (TPSA) is 81.9 Å². The second-order valence-corrected chi connectivity index (χ2v) is 10.1. The number of alkyl halides is 2. The highest BCUT2D eigenvalue weighted by Crippen LogP contribution is 2.31. The number of anilines is 1. The Balaban J connectivity index is 1.18. The number of aryl methyl sites for hydroxylation is 1. The molecule has 0 saturated carbocycles. The zero-order valence-corrected chi connectivity index (χ0v) is 21.4. The van der Waals surface area contributed by atoms with E-state index in [0.29, 0.717) is 22.2 Å². The number of hydrogen-bond donors (Lipinski definition) is 1. The van der Waals surface area contributed by atoms with Crippen molar-refractivity contribution in [2.24, 2.45) is 7.05 Å². The quantitative estimate of drug-likeness (QED) is 0.231. The minimum absolute atomic E-state index is 0.0652. The molecule has 0 unspecified atom stereocenters. The van der Waals surface area contributed by atoms with Crippen LogP contribution in [0.1, 0.15) is 5.56 Å². The van der Waals surface area contributed by atoms with Crippen molar-refractivity contribution >= 4 is 44.9 Å². The predicted molar refractivity (Wildman–Crippen MR) is 142 cm³/mol. The number of nitrogens with one attached hydrogen (secondary N) is 1. The summed E-state index contributed by atoms with van der Waals surface area (Å²) >= 11 is 2.89. The molecule has 0 spiro atoms. The standard InChI is InChI=1S/C26H21F2N5O2S2/c1-15-3-12-20-21(13-15)37-24(30-20)17-4-8-18(9-5-17)29-22(34)14-36-26-32-31-23(33(26)2)16-6-10-19(11-7-16)35-25(27)28/h3-13,25H,14H2,1-2H3,(H,29,34). The van der Waals surface area contributed by atoms with E-state index in [1.54, 1.807) is 35.1 Å². The van der Waals surface area contributed by atoms with E-state index in [0.717, 1.165) is 20.8 Å². The smallest absolute Gasteiger partial charge is 0.387 e. The maximum Gasteiger partial charge on any atom is 0.387 e. The van der Waals surface area contributed by atoms with Crippen LogP contribution in [0.15, 0.2) is 71.9 Å². The van der Waals surface area contributed by atoms with Gasteiger partial charge in [0.15, 0.2) is 11.0 Å². The molecule has 2 heterocycles. The van der Waals surface area contributed by atoms with Crippen molar-refractivity contribution in [3.8, 4) is 27.7 Å². The summed E-state index contributed by atoms with van der Waals surface area (Å²) in [5.74, 6) is 0.584. The van der Waals surface area contributed by atoms with Crippen LogP contribution < -0.4 is 10.1 Å². The average molecular weight is 538 g/mol. The molecule has 11 heteroatoms. The number of carbonyl (C=O) groups excluding carboxylic acids is 1. The zero-order valence-electron chi connectivity index (χ0n) is 19.8. The van der Waals surface area contributed by atoms with Crippen LogP contribution in [0.3, 0.4) is 0 Å². The summed E-state index contributed by atoms with van der Waals surface area (Å²) in [5.41, 5.74) is 4.55. The number of halogens is 2. The lowest BCUT2D eigenvalue weighted by Crippen LogP contribution is -2.14. The lowest BCUT2D eigenvalue weighted by atomic mass is 10.2. The fraction of sp³-hybridized carbons (Fsp3) is 0.154. The van der Waals surface area contributed by atoms with Gasteiger partial charge in [-0.1, -0.05) is 17.8 Å². The van der Waals surface area contributed by atoms with Crippen LogP contribution in [-0.4, -0.2) is 38.0 Å². The minimum Gasteiger partial charge on any atom is -0.435 e. The number of carbonyl (C=O) groups is 1. The third-order valence-corrected chi connectivity index (χ3v) is 7.55. The van der Waals surface area contributed by atoms with Gasteiger partial charge in [0.1, 0.15) is 10.8 Å². The summed E-state index contributed by atoms with van der Waals surface area (Å²) in [7, 11) is 1.78. The molecule has 1 N–H and O–H groups in total. The number of ether oxygens (including phenoxy) is 1. The maximum absolute atomic E-state index is 12.5. The van der Waals surface area contributed by atoms with Crippen molar-refractivity contribution in [3.63, 3.8) is 0 Å². The Bertz CT molecular complexity index is 1550. The Kier molecular flexibility index (Phi) is 7.15. The fourth-order valence-corrected chi connectivity index (χ4v) is 5.44. The number of thiazole rings is 1. The summed E-state index contributed by atoms with van der Waals surface area (Å²) in [4.78, 5) is 17.2. The molecule has 37 heavy (non-hydrogen) atoms. The van der Waals surface area contributed by atoms with Crippen molar-refractivity contribution < 1.29 is 18.3 Å². The highest BCUT2D eigenvalue weighted by Gasteiger charge is 2.14. The Morgan fingerprint density at radius 1 is 1.05 bits per heavy atom. The van der Waals surface area contributed by atoms with Crippen LogP contribution >= 0.6 is 23.1 Å². The Morgan fingerprint density at radius 2 is 1.78 bits per heavy atom.